The van der Waals surface area contributed by atoms with Crippen LogP contribution < -0.4 is 5.32 Å². The second-order valence-corrected chi connectivity index (χ2v) is 37.5. The molecule has 0 radical (unpaired) electrons. The molecular weight excluding hydrogens is 1540 g/mol. The molecule has 1 rings (SSSR count). The molecule has 0 unspecified atom stereocenters. The third-order valence-corrected chi connectivity index (χ3v) is 23.9. The van der Waals surface area contributed by atoms with Crippen molar-refractivity contribution < 1.29 is 90.7 Å². The maximum absolute atomic E-state index is 15.1. The first kappa shape index (κ1) is 114. The summed E-state index contributed by atoms with van der Waals surface area (Å²) in [6.07, 6.45) is 55.3. The third-order valence-electron chi connectivity index (χ3n) is 23.4. The van der Waals surface area contributed by atoms with Gasteiger partial charge >= 0.3 is 37.7 Å². The molecule has 1 aliphatic rings. The number of phosphoric ester groups is 1. The molecule has 1 aliphatic heterocycles. The molecule has 0 aromatic heterocycles. The van der Waals surface area contributed by atoms with Crippen LogP contribution in [0.4, 0.5) is 0 Å². The van der Waals surface area contributed by atoms with Crippen LogP contribution in [0, 0.1) is 0 Å². The van der Waals surface area contributed by atoms with Gasteiger partial charge in [0.15, 0.2) is 12.4 Å². The maximum Gasteiger partial charge on any atom is 0.470 e. The Morgan fingerprint density at radius 3 is 0.975 bits per heavy atom. The summed E-state index contributed by atoms with van der Waals surface area (Å²) in [5.74, 6) is -4.25. The van der Waals surface area contributed by atoms with Gasteiger partial charge in [0.2, 0.25) is 11.8 Å². The van der Waals surface area contributed by atoms with Crippen LogP contribution in [0.3, 0.4) is 0 Å². The fourth-order valence-corrected chi connectivity index (χ4v) is 16.8. The Labute approximate surface area is 732 Å². The minimum Gasteiger partial charge on any atom is -0.462 e. The summed E-state index contributed by atoms with van der Waals surface area (Å²) >= 11 is 0. The first-order chi connectivity index (χ1) is 58.0. The summed E-state index contributed by atoms with van der Waals surface area (Å²) in [6.45, 7) is 16.1. The van der Waals surface area contributed by atoms with Gasteiger partial charge in [-0.3, -0.25) is 38.1 Å². The molecular formula is C98H185N2O19P. The van der Waals surface area contributed by atoms with E-state index in [2.05, 4.69) is 46.9 Å². The SMILES string of the molecule is CCCCCCCCCCCCCC(=O)O[C@H](CCCCCCCCCCC)CC(=O)N[C@H]1[C@H](OCCN(CC(=O)OC(C)(C)C)C(=O)C[C@@H](CCCCCCCCCCC)OC(=O)CCCCCCCCCCCCC)O[C@H](CO)[C@@H](OP(=O)(O)O)[C@@H]1OC(=O)C[C@@H](CCCCCCCCCCC)OC(=O)CCCCCCCCCCCCC. The summed E-state index contributed by atoms with van der Waals surface area (Å²) in [5.41, 5.74) is -0.943. The van der Waals surface area contributed by atoms with E-state index in [0.717, 1.165) is 173 Å². The van der Waals surface area contributed by atoms with Crippen molar-refractivity contribution in [3.8, 4) is 0 Å². The van der Waals surface area contributed by atoms with Crippen molar-refractivity contribution in [3.63, 3.8) is 0 Å². The monoisotopic (exact) mass is 1730 g/mol. The van der Waals surface area contributed by atoms with Gasteiger partial charge in [-0.25, -0.2) is 4.57 Å². The number of ether oxygens (including phenoxy) is 7. The number of rotatable bonds is 86. The van der Waals surface area contributed by atoms with Gasteiger partial charge in [0.05, 0.1) is 32.5 Å². The van der Waals surface area contributed by atoms with Crippen molar-refractivity contribution in [2.24, 2.45) is 0 Å². The molecule has 21 nitrogen and oxygen atoms in total. The fourth-order valence-electron chi connectivity index (χ4n) is 16.2. The Kier molecular flexibility index (Phi) is 75.0. The van der Waals surface area contributed by atoms with Gasteiger partial charge in [0, 0.05) is 25.8 Å². The molecule has 0 aliphatic carbocycles. The molecule has 120 heavy (non-hydrogen) atoms. The second kappa shape index (κ2) is 78.7. The number of phosphoric acid groups is 1. The largest absolute Gasteiger partial charge is 0.470 e. The topological polar surface area (TPSA) is 286 Å². The Bertz CT molecular complexity index is 2510. The van der Waals surface area contributed by atoms with Gasteiger partial charge in [-0.15, -0.1) is 0 Å². The summed E-state index contributed by atoms with van der Waals surface area (Å²) < 4.78 is 62.3. The van der Waals surface area contributed by atoms with Crippen LogP contribution in [-0.4, -0.2) is 142 Å². The lowest BCUT2D eigenvalue weighted by Crippen LogP contribution is -2.66. The van der Waals surface area contributed by atoms with Gasteiger partial charge in [0.25, 0.3) is 0 Å². The lowest BCUT2D eigenvalue weighted by atomic mass is 9.96. The molecule has 1 heterocycles. The molecule has 1 saturated heterocycles. The molecule has 0 spiro atoms. The summed E-state index contributed by atoms with van der Waals surface area (Å²) in [4.78, 5) is 123. The Morgan fingerprint density at radius 1 is 0.383 bits per heavy atom. The van der Waals surface area contributed by atoms with Gasteiger partial charge in [-0.05, 0) is 78.6 Å². The van der Waals surface area contributed by atoms with E-state index in [1.165, 1.54) is 178 Å². The van der Waals surface area contributed by atoms with E-state index in [0.29, 0.717) is 57.8 Å². The van der Waals surface area contributed by atoms with Crippen LogP contribution in [0.5, 0.6) is 0 Å². The van der Waals surface area contributed by atoms with Crippen LogP contribution in [0.1, 0.15) is 505 Å². The third kappa shape index (κ3) is 68.5. The van der Waals surface area contributed by atoms with E-state index in [-0.39, 0.29) is 38.6 Å². The minimum atomic E-state index is -5.56. The van der Waals surface area contributed by atoms with Gasteiger partial charge in [0.1, 0.15) is 48.7 Å². The number of carbonyl (C=O) groups is 7. The highest BCUT2D eigenvalue weighted by atomic mass is 31.2. The van der Waals surface area contributed by atoms with E-state index < -0.39 is 130 Å². The highest BCUT2D eigenvalue weighted by molar-refractivity contribution is 7.46. The number of amides is 2. The van der Waals surface area contributed by atoms with Crippen LogP contribution in [0.15, 0.2) is 0 Å². The lowest BCUT2D eigenvalue weighted by Gasteiger charge is -2.45. The normalized spacial score (nSPS) is 16.4. The van der Waals surface area contributed by atoms with E-state index in [9.17, 15) is 48.2 Å². The molecule has 22 heteroatoms. The molecule has 0 aromatic carbocycles. The molecule has 706 valence electrons. The Hall–Kier alpha value is -3.72. The van der Waals surface area contributed by atoms with Gasteiger partial charge < -0.3 is 58.3 Å². The van der Waals surface area contributed by atoms with Crippen LogP contribution >= 0.6 is 7.82 Å². The highest BCUT2D eigenvalue weighted by Gasteiger charge is 2.52. The molecule has 8 atom stereocenters. The van der Waals surface area contributed by atoms with Gasteiger partial charge in [-0.2, -0.15) is 0 Å². The standard InChI is InChI=1S/C98H185N2O19P/c1-10-16-22-28-34-40-43-49-55-61-67-73-89(104)113-83(70-64-58-52-46-37-31-25-19-13-4)78-87(102)99-94-96(117-92(107)80-85(72-66-60-54-48-39-33-27-21-15-6)115-91(106)75-69-63-57-51-45-42-36-30-24-18-12-3)95(119-120(109,110)111)86(82-101)116-97(94)112-77-76-100(81-93(108)118-98(7,8)9)88(103)79-84(71-65-59-53-47-38-32-26-20-14-5)114-90(105)74-68-62-56-50-44-41-35-29-23-17-11-2/h83-86,94-97,101H,10-82H2,1-9H3,(H,99,102)(H2,109,110,111)/t83-,84-,85-,86-,94-,95-,96-,97-/m1/s1. The van der Waals surface area contributed by atoms with Crippen molar-refractivity contribution in [2.75, 3.05) is 26.3 Å². The first-order valence-corrected chi connectivity index (χ1v) is 51.7. The van der Waals surface area contributed by atoms with E-state index in [1.807, 2.05) is 0 Å². The number of hydrogen-bond acceptors (Lipinski definition) is 17. The second-order valence-electron chi connectivity index (χ2n) is 36.3. The zero-order chi connectivity index (χ0) is 88.2. The van der Waals surface area contributed by atoms with E-state index in [4.69, 9.17) is 37.7 Å². The molecule has 2 amide bonds. The number of nitrogens with one attached hydrogen (secondary N) is 1. The van der Waals surface area contributed by atoms with Crippen LogP contribution in [-0.2, 0) is 75.8 Å². The maximum atomic E-state index is 15.1. The summed E-state index contributed by atoms with van der Waals surface area (Å²) in [5, 5.41) is 14.1. The number of unbranched alkanes of at least 4 members (excludes halogenated alkanes) is 54. The number of aliphatic hydroxyl groups excluding tert-OH is 1. The summed E-state index contributed by atoms with van der Waals surface area (Å²) in [6, 6.07) is -1.68. The smallest absolute Gasteiger partial charge is 0.462 e. The number of carbonyl (C=O) groups excluding carboxylic acids is 7. The first-order valence-electron chi connectivity index (χ1n) is 50.2. The molecule has 0 aromatic rings. The average Bonchev–Trinajstić information content (AvgIpc) is 0.779. The predicted molar refractivity (Wildman–Crippen MR) is 485 cm³/mol. The van der Waals surface area contributed by atoms with Crippen LogP contribution in [0.2, 0.25) is 0 Å². The molecule has 0 saturated carbocycles. The number of hydrogen-bond donors (Lipinski definition) is 4. The summed E-state index contributed by atoms with van der Waals surface area (Å²) in [7, 11) is -5.56. The van der Waals surface area contributed by atoms with E-state index in [1.54, 1.807) is 20.8 Å². The van der Waals surface area contributed by atoms with Crippen molar-refractivity contribution in [1.29, 1.82) is 0 Å². The van der Waals surface area contributed by atoms with Crippen LogP contribution in [0.25, 0.3) is 0 Å². The average molecular weight is 1730 g/mol. The molecule has 4 N–H and O–H groups in total. The zero-order valence-electron chi connectivity index (χ0n) is 78.5. The highest BCUT2D eigenvalue weighted by Crippen LogP contribution is 2.43. The number of aliphatic hydroxyl groups is 1. The predicted octanol–water partition coefficient (Wildman–Crippen LogP) is 25.5. The van der Waals surface area contributed by atoms with Crippen molar-refractivity contribution >= 4 is 49.5 Å². The van der Waals surface area contributed by atoms with Crippen molar-refractivity contribution in [3.05, 3.63) is 0 Å². The quantitative estimate of drug-likeness (QED) is 0.0190. The van der Waals surface area contributed by atoms with Gasteiger partial charge in [-0.1, -0.05) is 388 Å². The molecule has 0 bridgehead atoms. The molecule has 1 fully saturated rings. The minimum absolute atomic E-state index is 0.145. The lowest BCUT2D eigenvalue weighted by molar-refractivity contribution is -0.271. The number of esters is 5. The van der Waals surface area contributed by atoms with E-state index >= 15 is 4.79 Å². The van der Waals surface area contributed by atoms with Crippen molar-refractivity contribution in [2.45, 2.75) is 560 Å². The fraction of sp³-hybridized carbons (Fsp3) is 0.929. The Balaban J connectivity index is 3.99. The number of nitrogens with zero attached hydrogens (tertiary/aromatic N) is 1. The zero-order valence-corrected chi connectivity index (χ0v) is 79.4. The van der Waals surface area contributed by atoms with Crippen molar-refractivity contribution in [1.82, 2.24) is 10.2 Å². The Morgan fingerprint density at radius 2 is 0.675 bits per heavy atom.